The largest absolute Gasteiger partial charge is 0.491 e. The van der Waals surface area contributed by atoms with Gasteiger partial charge in [-0.3, -0.25) is 0 Å². The zero-order valence-corrected chi connectivity index (χ0v) is 10.1. The van der Waals surface area contributed by atoms with Crippen LogP contribution in [0.1, 0.15) is 25.8 Å². The number of hydrogen-bond donors (Lipinski definition) is 1. The van der Waals surface area contributed by atoms with Crippen molar-refractivity contribution in [3.63, 3.8) is 0 Å². The molecular weight excluding hydrogens is 218 g/mol. The van der Waals surface area contributed by atoms with Gasteiger partial charge in [0.25, 0.3) is 0 Å². The van der Waals surface area contributed by atoms with Crippen LogP contribution in [-0.4, -0.2) is 29.6 Å². The first-order valence-electron chi connectivity index (χ1n) is 5.79. The van der Waals surface area contributed by atoms with Crippen molar-refractivity contribution in [2.24, 2.45) is 5.16 Å². The molecule has 0 radical (unpaired) electrons. The van der Waals surface area contributed by atoms with E-state index in [-0.39, 0.29) is 18.8 Å². The normalized spacial score (nSPS) is 19.1. The summed E-state index contributed by atoms with van der Waals surface area (Å²) in [6.45, 7) is 3.99. The Labute approximate surface area is 101 Å². The molecule has 0 bridgehead atoms. The van der Waals surface area contributed by atoms with Gasteiger partial charge in [-0.05, 0) is 43.7 Å². The van der Waals surface area contributed by atoms with Crippen molar-refractivity contribution in [2.75, 3.05) is 6.61 Å². The third kappa shape index (κ3) is 2.97. The summed E-state index contributed by atoms with van der Waals surface area (Å²) in [7, 11) is 0. The summed E-state index contributed by atoms with van der Waals surface area (Å²) in [5.41, 5.74) is 1.89. The first-order chi connectivity index (χ1) is 8.19. The third-order valence-electron chi connectivity index (χ3n) is 2.50. The molecule has 0 saturated carbocycles. The maximum atomic E-state index is 8.96. The third-order valence-corrected chi connectivity index (χ3v) is 2.50. The minimum atomic E-state index is -0.198. The molecule has 1 atom stereocenters. The van der Waals surface area contributed by atoms with Crippen LogP contribution in [0.2, 0.25) is 0 Å². The molecule has 4 nitrogen and oxygen atoms in total. The summed E-state index contributed by atoms with van der Waals surface area (Å²) in [5, 5.41) is 12.9. The molecule has 2 rings (SSSR count). The van der Waals surface area contributed by atoms with E-state index in [9.17, 15) is 0 Å². The number of rotatable bonds is 4. The first kappa shape index (κ1) is 11.9. The van der Waals surface area contributed by atoms with Gasteiger partial charge in [0.2, 0.25) is 0 Å². The molecule has 1 aromatic carbocycles. The maximum Gasteiger partial charge on any atom is 0.156 e. The highest BCUT2D eigenvalue weighted by Crippen LogP contribution is 2.19. The van der Waals surface area contributed by atoms with E-state index in [2.05, 4.69) is 5.16 Å². The fourth-order valence-electron chi connectivity index (χ4n) is 1.69. The minimum absolute atomic E-state index is 0.00153. The van der Waals surface area contributed by atoms with Crippen molar-refractivity contribution >= 4 is 5.71 Å². The van der Waals surface area contributed by atoms with Gasteiger partial charge in [0.15, 0.2) is 6.10 Å². The van der Waals surface area contributed by atoms with Gasteiger partial charge >= 0.3 is 0 Å². The van der Waals surface area contributed by atoms with Crippen molar-refractivity contribution < 1.29 is 14.7 Å². The Morgan fingerprint density at radius 2 is 2.12 bits per heavy atom. The number of aliphatic hydroxyl groups is 1. The van der Waals surface area contributed by atoms with Crippen LogP contribution in [0.4, 0.5) is 0 Å². The molecule has 1 heterocycles. The SMILES string of the molecule is CC(C)Oc1ccc(C2=NOC(CO)C2)cc1. The highest BCUT2D eigenvalue weighted by molar-refractivity contribution is 6.01. The van der Waals surface area contributed by atoms with Gasteiger partial charge < -0.3 is 14.7 Å². The average Bonchev–Trinajstić information content (AvgIpc) is 2.78. The van der Waals surface area contributed by atoms with E-state index in [0.29, 0.717) is 6.42 Å². The zero-order chi connectivity index (χ0) is 12.3. The number of benzene rings is 1. The van der Waals surface area contributed by atoms with Crippen molar-refractivity contribution in [3.05, 3.63) is 29.8 Å². The first-order valence-corrected chi connectivity index (χ1v) is 5.79. The second-order valence-electron chi connectivity index (χ2n) is 4.34. The molecule has 0 saturated heterocycles. The molecule has 17 heavy (non-hydrogen) atoms. The molecule has 92 valence electrons. The lowest BCUT2D eigenvalue weighted by atomic mass is 10.1. The molecule has 0 aromatic heterocycles. The molecule has 0 spiro atoms. The summed E-state index contributed by atoms with van der Waals surface area (Å²) in [6, 6.07) is 7.76. The fourth-order valence-corrected chi connectivity index (χ4v) is 1.69. The monoisotopic (exact) mass is 235 g/mol. The molecule has 0 aliphatic carbocycles. The Balaban J connectivity index is 2.03. The van der Waals surface area contributed by atoms with Gasteiger partial charge in [0, 0.05) is 6.42 Å². The molecule has 4 heteroatoms. The second-order valence-corrected chi connectivity index (χ2v) is 4.34. The van der Waals surface area contributed by atoms with Crippen molar-refractivity contribution in [1.29, 1.82) is 0 Å². The Morgan fingerprint density at radius 3 is 2.65 bits per heavy atom. The molecular formula is C13H17NO3. The van der Waals surface area contributed by atoms with Gasteiger partial charge in [0.1, 0.15) is 5.75 Å². The zero-order valence-electron chi connectivity index (χ0n) is 10.1. The summed E-state index contributed by atoms with van der Waals surface area (Å²) in [6.07, 6.45) is 0.629. The van der Waals surface area contributed by atoms with Gasteiger partial charge in [-0.25, -0.2) is 0 Å². The van der Waals surface area contributed by atoms with Gasteiger partial charge in [-0.15, -0.1) is 0 Å². The average molecular weight is 235 g/mol. The number of oxime groups is 1. The Kier molecular flexibility index (Phi) is 3.64. The maximum absolute atomic E-state index is 8.96. The van der Waals surface area contributed by atoms with Gasteiger partial charge in [-0.2, -0.15) is 0 Å². The molecule has 1 N–H and O–H groups in total. The topological polar surface area (TPSA) is 51.0 Å². The van der Waals surface area contributed by atoms with E-state index >= 15 is 0 Å². The number of ether oxygens (including phenoxy) is 1. The Bertz CT molecular complexity index is 398. The van der Waals surface area contributed by atoms with Gasteiger partial charge in [-0.1, -0.05) is 5.16 Å². The van der Waals surface area contributed by atoms with Crippen LogP contribution in [0.3, 0.4) is 0 Å². The lowest BCUT2D eigenvalue weighted by molar-refractivity contribution is 0.0390. The molecule has 1 unspecified atom stereocenters. The highest BCUT2D eigenvalue weighted by atomic mass is 16.6. The number of aliphatic hydroxyl groups excluding tert-OH is 1. The highest BCUT2D eigenvalue weighted by Gasteiger charge is 2.21. The van der Waals surface area contributed by atoms with Crippen LogP contribution in [0, 0.1) is 0 Å². The molecule has 1 aliphatic rings. The fraction of sp³-hybridized carbons (Fsp3) is 0.462. The van der Waals surface area contributed by atoms with Crippen LogP contribution in [0.15, 0.2) is 29.4 Å². The summed E-state index contributed by atoms with van der Waals surface area (Å²) in [5.74, 6) is 0.849. The van der Waals surface area contributed by atoms with E-state index in [1.807, 2.05) is 38.1 Å². The standard InChI is InChI=1S/C13H17NO3/c1-9(2)16-11-5-3-10(4-6-11)13-7-12(8-15)17-14-13/h3-6,9,12,15H,7-8H2,1-2H3. The van der Waals surface area contributed by atoms with E-state index in [0.717, 1.165) is 17.0 Å². The molecule has 0 amide bonds. The minimum Gasteiger partial charge on any atom is -0.491 e. The lowest BCUT2D eigenvalue weighted by Gasteiger charge is -2.09. The van der Waals surface area contributed by atoms with E-state index in [1.54, 1.807) is 0 Å². The van der Waals surface area contributed by atoms with Gasteiger partial charge in [0.05, 0.1) is 18.4 Å². The summed E-state index contributed by atoms with van der Waals surface area (Å²) in [4.78, 5) is 5.07. The van der Waals surface area contributed by atoms with Crippen LogP contribution in [0.25, 0.3) is 0 Å². The number of hydrogen-bond acceptors (Lipinski definition) is 4. The second kappa shape index (κ2) is 5.19. The number of nitrogens with zero attached hydrogens (tertiary/aromatic N) is 1. The van der Waals surface area contributed by atoms with Crippen LogP contribution < -0.4 is 4.74 Å². The van der Waals surface area contributed by atoms with Crippen LogP contribution in [0.5, 0.6) is 5.75 Å². The van der Waals surface area contributed by atoms with Crippen molar-refractivity contribution in [1.82, 2.24) is 0 Å². The van der Waals surface area contributed by atoms with Crippen molar-refractivity contribution in [3.8, 4) is 5.75 Å². The van der Waals surface area contributed by atoms with E-state index in [4.69, 9.17) is 14.7 Å². The van der Waals surface area contributed by atoms with Crippen LogP contribution in [-0.2, 0) is 4.84 Å². The molecule has 1 aromatic rings. The Hall–Kier alpha value is -1.55. The quantitative estimate of drug-likeness (QED) is 0.868. The summed E-state index contributed by atoms with van der Waals surface area (Å²) < 4.78 is 5.56. The Morgan fingerprint density at radius 1 is 1.41 bits per heavy atom. The van der Waals surface area contributed by atoms with Crippen LogP contribution >= 0.6 is 0 Å². The predicted molar refractivity (Wildman–Crippen MR) is 65.3 cm³/mol. The lowest BCUT2D eigenvalue weighted by Crippen LogP contribution is -2.12. The van der Waals surface area contributed by atoms with E-state index in [1.165, 1.54) is 0 Å². The predicted octanol–water partition coefficient (Wildman–Crippen LogP) is 1.96. The van der Waals surface area contributed by atoms with Crippen molar-refractivity contribution in [2.45, 2.75) is 32.5 Å². The smallest absolute Gasteiger partial charge is 0.156 e. The van der Waals surface area contributed by atoms with E-state index < -0.39 is 0 Å². The molecule has 1 aliphatic heterocycles. The summed E-state index contributed by atoms with van der Waals surface area (Å²) >= 11 is 0. The molecule has 0 fully saturated rings.